The molecule has 0 bridgehead atoms. The Morgan fingerprint density at radius 3 is 2.91 bits per heavy atom. The second-order valence-electron chi connectivity index (χ2n) is 6.68. The van der Waals surface area contributed by atoms with Crippen molar-refractivity contribution in [3.63, 3.8) is 0 Å². The highest BCUT2D eigenvalue weighted by molar-refractivity contribution is 7.16. The number of hydrogen-bond donors (Lipinski definition) is 0. The molecule has 0 saturated carbocycles. The zero-order chi connectivity index (χ0) is 15.6. The van der Waals surface area contributed by atoms with E-state index in [1.54, 1.807) is 11.3 Å². The van der Waals surface area contributed by atoms with Gasteiger partial charge in [0.25, 0.3) is 0 Å². The average Bonchev–Trinajstić information content (AvgIpc) is 3.18. The van der Waals surface area contributed by atoms with Crippen LogP contribution in [0.15, 0.2) is 0 Å². The monoisotopic (exact) mass is 335 g/mol. The Hall–Kier alpha value is -1.05. The number of piperidine rings is 1. The van der Waals surface area contributed by atoms with E-state index in [1.165, 1.54) is 37.2 Å². The topological polar surface area (TPSA) is 55.5 Å². The summed E-state index contributed by atoms with van der Waals surface area (Å²) in [5.41, 5.74) is 0. The fourth-order valence-corrected chi connectivity index (χ4v) is 4.79. The van der Waals surface area contributed by atoms with Gasteiger partial charge in [0.15, 0.2) is 5.82 Å². The van der Waals surface area contributed by atoms with Gasteiger partial charge in [-0.05, 0) is 38.6 Å². The maximum Gasteiger partial charge on any atom is 0.234 e. The zero-order valence-electron chi connectivity index (χ0n) is 13.8. The summed E-state index contributed by atoms with van der Waals surface area (Å²) in [6, 6.07) is 0.702. The molecule has 0 aromatic carbocycles. The molecule has 2 aromatic rings. The van der Waals surface area contributed by atoms with Crippen LogP contribution in [0.25, 0.3) is 4.96 Å². The van der Waals surface area contributed by atoms with Gasteiger partial charge < -0.3 is 4.74 Å². The molecule has 2 aliphatic heterocycles. The summed E-state index contributed by atoms with van der Waals surface area (Å²) in [4.78, 5) is 3.62. The van der Waals surface area contributed by atoms with Gasteiger partial charge in [-0.2, -0.15) is 9.61 Å². The van der Waals surface area contributed by atoms with Gasteiger partial charge in [-0.1, -0.05) is 18.3 Å². The Balaban J connectivity index is 1.50. The van der Waals surface area contributed by atoms with Crippen molar-refractivity contribution in [3.8, 4) is 0 Å². The molecule has 23 heavy (non-hydrogen) atoms. The van der Waals surface area contributed by atoms with Crippen molar-refractivity contribution in [1.29, 1.82) is 0 Å². The first-order chi connectivity index (χ1) is 11.3. The summed E-state index contributed by atoms with van der Waals surface area (Å²) < 4.78 is 7.48. The molecule has 7 heteroatoms. The van der Waals surface area contributed by atoms with Gasteiger partial charge in [0.05, 0.1) is 0 Å². The van der Waals surface area contributed by atoms with Gasteiger partial charge >= 0.3 is 0 Å². The van der Waals surface area contributed by atoms with E-state index in [-0.39, 0.29) is 0 Å². The van der Waals surface area contributed by atoms with Gasteiger partial charge in [-0.25, -0.2) is 0 Å². The molecule has 2 saturated heterocycles. The smallest absolute Gasteiger partial charge is 0.234 e. The molecule has 0 aliphatic carbocycles. The summed E-state index contributed by atoms with van der Waals surface area (Å²) in [6.07, 6.45) is 6.89. The Morgan fingerprint density at radius 2 is 2.09 bits per heavy atom. The van der Waals surface area contributed by atoms with Crippen molar-refractivity contribution in [2.24, 2.45) is 0 Å². The number of ether oxygens (including phenoxy) is 1. The Morgan fingerprint density at radius 1 is 1.22 bits per heavy atom. The molecular formula is C16H25N5OS. The van der Waals surface area contributed by atoms with Crippen LogP contribution in [0.2, 0.25) is 0 Å². The lowest BCUT2D eigenvalue weighted by atomic mass is 9.95. The summed E-state index contributed by atoms with van der Waals surface area (Å²) in [5.74, 6) is 1.55. The van der Waals surface area contributed by atoms with Crippen LogP contribution in [0, 0.1) is 0 Å². The minimum atomic E-state index is 0.549. The molecule has 6 nitrogen and oxygen atoms in total. The number of nitrogens with zero attached hydrogens (tertiary/aromatic N) is 5. The molecule has 0 amide bonds. The van der Waals surface area contributed by atoms with E-state index in [0.29, 0.717) is 12.0 Å². The zero-order valence-corrected chi connectivity index (χ0v) is 14.6. The lowest BCUT2D eigenvalue weighted by Crippen LogP contribution is -2.44. The fraction of sp³-hybridized carbons (Fsp3) is 0.812. The SMILES string of the molecule is CCCc1nnc2sc([C@H]3CCCN(C4CCOCC4)C3)nn12. The lowest BCUT2D eigenvalue weighted by molar-refractivity contribution is 0.0239. The van der Waals surface area contributed by atoms with E-state index in [9.17, 15) is 0 Å². The summed E-state index contributed by atoms with van der Waals surface area (Å²) in [6.45, 7) is 6.37. The molecule has 0 N–H and O–H groups in total. The molecule has 126 valence electrons. The van der Waals surface area contributed by atoms with Crippen molar-refractivity contribution in [3.05, 3.63) is 10.8 Å². The van der Waals surface area contributed by atoms with Crippen LogP contribution in [0.4, 0.5) is 0 Å². The third-order valence-corrected chi connectivity index (χ3v) is 6.12. The lowest BCUT2D eigenvalue weighted by Gasteiger charge is -2.39. The van der Waals surface area contributed by atoms with Gasteiger partial charge in [-0.3, -0.25) is 4.90 Å². The average molecular weight is 335 g/mol. The molecule has 0 spiro atoms. The van der Waals surface area contributed by atoms with Gasteiger partial charge in [0.1, 0.15) is 5.01 Å². The number of likely N-dealkylation sites (tertiary alicyclic amines) is 1. The first-order valence-corrected chi connectivity index (χ1v) is 9.69. The first-order valence-electron chi connectivity index (χ1n) is 8.88. The van der Waals surface area contributed by atoms with E-state index >= 15 is 0 Å². The van der Waals surface area contributed by atoms with Crippen LogP contribution in [0.1, 0.15) is 55.8 Å². The summed E-state index contributed by atoms with van der Waals surface area (Å²) in [7, 11) is 0. The number of fused-ring (bicyclic) bond motifs is 1. The predicted molar refractivity (Wildman–Crippen MR) is 90.0 cm³/mol. The van der Waals surface area contributed by atoms with Gasteiger partial charge in [0.2, 0.25) is 4.96 Å². The number of aryl methyl sites for hydroxylation is 1. The van der Waals surface area contributed by atoms with Crippen molar-refractivity contribution in [1.82, 2.24) is 24.7 Å². The highest BCUT2D eigenvalue weighted by Crippen LogP contribution is 2.32. The molecule has 2 aromatic heterocycles. The Labute approximate surface area is 140 Å². The fourth-order valence-electron chi connectivity index (χ4n) is 3.81. The minimum absolute atomic E-state index is 0.549. The van der Waals surface area contributed by atoms with Gasteiger partial charge in [0, 0.05) is 38.1 Å². The molecule has 0 unspecified atom stereocenters. The molecule has 0 radical (unpaired) electrons. The largest absolute Gasteiger partial charge is 0.381 e. The van der Waals surface area contributed by atoms with E-state index in [2.05, 4.69) is 22.0 Å². The van der Waals surface area contributed by atoms with E-state index in [0.717, 1.165) is 43.4 Å². The van der Waals surface area contributed by atoms with Crippen molar-refractivity contribution >= 4 is 16.3 Å². The maximum absolute atomic E-state index is 5.51. The van der Waals surface area contributed by atoms with Crippen LogP contribution >= 0.6 is 11.3 Å². The Bertz CT molecular complexity index is 648. The normalized spacial score (nSPS) is 24.5. The van der Waals surface area contributed by atoms with Crippen LogP contribution in [-0.4, -0.2) is 57.1 Å². The second-order valence-corrected chi connectivity index (χ2v) is 7.67. The molecule has 2 fully saturated rings. The molecule has 1 atom stereocenters. The van der Waals surface area contributed by atoms with Crippen LogP contribution < -0.4 is 0 Å². The van der Waals surface area contributed by atoms with E-state index in [1.807, 2.05) is 4.52 Å². The highest BCUT2D eigenvalue weighted by Gasteiger charge is 2.30. The molecule has 4 heterocycles. The number of rotatable bonds is 4. The van der Waals surface area contributed by atoms with Gasteiger partial charge in [-0.15, -0.1) is 10.2 Å². The van der Waals surface area contributed by atoms with Crippen LogP contribution in [-0.2, 0) is 11.2 Å². The van der Waals surface area contributed by atoms with Crippen molar-refractivity contribution < 1.29 is 4.74 Å². The number of hydrogen-bond acceptors (Lipinski definition) is 6. The third-order valence-electron chi connectivity index (χ3n) is 5.05. The number of aromatic nitrogens is 4. The summed E-state index contributed by atoms with van der Waals surface area (Å²) in [5, 5.41) is 14.6. The molecule has 2 aliphatic rings. The third kappa shape index (κ3) is 3.14. The maximum atomic E-state index is 5.51. The Kier molecular flexibility index (Phi) is 4.59. The molecule has 4 rings (SSSR count). The van der Waals surface area contributed by atoms with Crippen LogP contribution in [0.5, 0.6) is 0 Å². The quantitative estimate of drug-likeness (QED) is 0.859. The van der Waals surface area contributed by atoms with Crippen molar-refractivity contribution in [2.45, 2.75) is 57.4 Å². The first kappa shape index (κ1) is 15.5. The molecular weight excluding hydrogens is 310 g/mol. The second kappa shape index (κ2) is 6.83. The van der Waals surface area contributed by atoms with Crippen LogP contribution in [0.3, 0.4) is 0 Å². The minimum Gasteiger partial charge on any atom is -0.381 e. The predicted octanol–water partition coefficient (Wildman–Crippen LogP) is 2.50. The van der Waals surface area contributed by atoms with E-state index < -0.39 is 0 Å². The summed E-state index contributed by atoms with van der Waals surface area (Å²) >= 11 is 1.73. The standard InChI is InChI=1S/C16H25N5OS/c1-2-4-14-17-18-16-21(14)19-15(23-16)12-5-3-8-20(11-12)13-6-9-22-10-7-13/h12-13H,2-11H2,1H3/t12-/m0/s1. The van der Waals surface area contributed by atoms with Crippen molar-refractivity contribution in [2.75, 3.05) is 26.3 Å². The highest BCUT2D eigenvalue weighted by atomic mass is 32.1. The van der Waals surface area contributed by atoms with E-state index in [4.69, 9.17) is 9.84 Å².